The molecule has 0 aliphatic heterocycles. The minimum absolute atomic E-state index is 0.328. The fourth-order valence-corrected chi connectivity index (χ4v) is 3.00. The number of nitrogens with zero attached hydrogens (tertiary/aromatic N) is 1. The standard InChI is InChI=1S/C16H17ClN2/c1-11(12-6-8-18-9-7-12)19-16-5-2-13-10-14(17)3-4-15(13)16/h3-4,6-11,16,19H,2,5H2,1H3/t11-,16?/m0/s1. The highest BCUT2D eigenvalue weighted by atomic mass is 35.5. The highest BCUT2D eigenvalue weighted by Gasteiger charge is 2.23. The molecule has 0 fully saturated rings. The predicted octanol–water partition coefficient (Wildman–Crippen LogP) is 4.07. The van der Waals surface area contributed by atoms with Gasteiger partial charge in [-0.3, -0.25) is 4.98 Å². The number of fused-ring (bicyclic) bond motifs is 1. The van der Waals surface area contributed by atoms with Crippen LogP contribution in [0.15, 0.2) is 42.7 Å². The molecular weight excluding hydrogens is 256 g/mol. The van der Waals surface area contributed by atoms with E-state index in [4.69, 9.17) is 11.6 Å². The molecule has 3 heteroatoms. The molecule has 2 nitrogen and oxygen atoms in total. The van der Waals surface area contributed by atoms with Crippen LogP contribution >= 0.6 is 11.6 Å². The molecule has 0 spiro atoms. The summed E-state index contributed by atoms with van der Waals surface area (Å²) in [5.41, 5.74) is 4.05. The van der Waals surface area contributed by atoms with Gasteiger partial charge in [-0.25, -0.2) is 0 Å². The lowest BCUT2D eigenvalue weighted by Crippen LogP contribution is -2.22. The molecule has 1 aromatic carbocycles. The summed E-state index contributed by atoms with van der Waals surface area (Å²) >= 11 is 6.05. The molecule has 1 aliphatic carbocycles. The zero-order chi connectivity index (χ0) is 13.2. The molecule has 1 unspecified atom stereocenters. The molecule has 2 aromatic rings. The van der Waals surface area contributed by atoms with Crippen molar-refractivity contribution in [3.05, 3.63) is 64.4 Å². The summed E-state index contributed by atoms with van der Waals surface area (Å²) in [5, 5.41) is 4.53. The van der Waals surface area contributed by atoms with Gasteiger partial charge in [0.1, 0.15) is 0 Å². The van der Waals surface area contributed by atoms with Gasteiger partial charge in [-0.2, -0.15) is 0 Å². The smallest absolute Gasteiger partial charge is 0.0408 e. The van der Waals surface area contributed by atoms with Crippen LogP contribution in [0.4, 0.5) is 0 Å². The van der Waals surface area contributed by atoms with Crippen LogP contribution in [0.25, 0.3) is 0 Å². The molecule has 1 aromatic heterocycles. The van der Waals surface area contributed by atoms with E-state index in [0.717, 1.165) is 17.9 Å². The average molecular weight is 273 g/mol. The Bertz CT molecular complexity index is 568. The second-order valence-electron chi connectivity index (χ2n) is 5.10. The lowest BCUT2D eigenvalue weighted by Gasteiger charge is -2.20. The molecule has 1 aliphatic rings. The van der Waals surface area contributed by atoms with E-state index in [-0.39, 0.29) is 0 Å². The van der Waals surface area contributed by atoms with Crippen molar-refractivity contribution in [1.82, 2.24) is 10.3 Å². The van der Waals surface area contributed by atoms with Gasteiger partial charge in [0, 0.05) is 29.5 Å². The van der Waals surface area contributed by atoms with Crippen molar-refractivity contribution in [1.29, 1.82) is 0 Å². The van der Waals surface area contributed by atoms with Gasteiger partial charge in [-0.05, 0) is 60.7 Å². The number of aromatic nitrogens is 1. The molecule has 2 atom stereocenters. The molecule has 98 valence electrons. The zero-order valence-electron chi connectivity index (χ0n) is 10.9. The monoisotopic (exact) mass is 272 g/mol. The summed E-state index contributed by atoms with van der Waals surface area (Å²) in [6, 6.07) is 11.1. The molecule has 0 saturated carbocycles. The van der Waals surface area contributed by atoms with Gasteiger partial charge in [0.15, 0.2) is 0 Å². The fraction of sp³-hybridized carbons (Fsp3) is 0.312. The van der Waals surface area contributed by atoms with Gasteiger partial charge in [0.25, 0.3) is 0 Å². The van der Waals surface area contributed by atoms with Crippen molar-refractivity contribution in [3.63, 3.8) is 0 Å². The van der Waals surface area contributed by atoms with Gasteiger partial charge in [0.05, 0.1) is 0 Å². The maximum atomic E-state index is 6.05. The van der Waals surface area contributed by atoms with Crippen LogP contribution < -0.4 is 5.32 Å². The average Bonchev–Trinajstić information content (AvgIpc) is 2.82. The SMILES string of the molecule is C[C@H](NC1CCc2cc(Cl)ccc21)c1ccncc1. The quantitative estimate of drug-likeness (QED) is 0.911. The van der Waals surface area contributed by atoms with E-state index in [1.807, 2.05) is 18.5 Å². The number of aryl methyl sites for hydroxylation is 1. The normalized spacial score (nSPS) is 19.2. The molecular formula is C16H17ClN2. The second-order valence-corrected chi connectivity index (χ2v) is 5.54. The Labute approximate surface area is 118 Å². The van der Waals surface area contributed by atoms with Crippen LogP contribution in [0, 0.1) is 0 Å². The van der Waals surface area contributed by atoms with E-state index in [9.17, 15) is 0 Å². The Kier molecular flexibility index (Phi) is 3.54. The van der Waals surface area contributed by atoms with Gasteiger partial charge in [-0.15, -0.1) is 0 Å². The first kappa shape index (κ1) is 12.6. The molecule has 3 rings (SSSR count). The maximum absolute atomic E-state index is 6.05. The Morgan fingerprint density at radius 3 is 2.84 bits per heavy atom. The van der Waals surface area contributed by atoms with Gasteiger partial charge in [-0.1, -0.05) is 17.7 Å². The Hall–Kier alpha value is -1.38. The summed E-state index contributed by atoms with van der Waals surface area (Å²) in [4.78, 5) is 4.06. The van der Waals surface area contributed by atoms with Gasteiger partial charge in [0.2, 0.25) is 0 Å². The maximum Gasteiger partial charge on any atom is 0.0408 e. The third-order valence-corrected chi connectivity index (χ3v) is 4.08. The van der Waals surface area contributed by atoms with Crippen LogP contribution in [0.5, 0.6) is 0 Å². The molecule has 19 heavy (non-hydrogen) atoms. The Morgan fingerprint density at radius 1 is 1.26 bits per heavy atom. The van der Waals surface area contributed by atoms with Crippen molar-refractivity contribution < 1.29 is 0 Å². The Balaban J connectivity index is 1.76. The zero-order valence-corrected chi connectivity index (χ0v) is 11.7. The number of halogens is 1. The number of benzene rings is 1. The summed E-state index contributed by atoms with van der Waals surface area (Å²) < 4.78 is 0. The van der Waals surface area contributed by atoms with E-state index in [2.05, 4.69) is 41.5 Å². The minimum Gasteiger partial charge on any atom is -0.303 e. The molecule has 0 bridgehead atoms. The number of pyridine rings is 1. The van der Waals surface area contributed by atoms with Crippen LogP contribution in [-0.4, -0.2) is 4.98 Å². The molecule has 1 N–H and O–H groups in total. The summed E-state index contributed by atoms with van der Waals surface area (Å²) in [7, 11) is 0. The van der Waals surface area contributed by atoms with E-state index in [0.29, 0.717) is 12.1 Å². The van der Waals surface area contributed by atoms with Crippen molar-refractivity contribution in [2.45, 2.75) is 31.8 Å². The van der Waals surface area contributed by atoms with E-state index in [1.165, 1.54) is 16.7 Å². The van der Waals surface area contributed by atoms with Crippen molar-refractivity contribution in [3.8, 4) is 0 Å². The number of hydrogen-bond acceptors (Lipinski definition) is 2. The number of nitrogens with one attached hydrogen (secondary N) is 1. The number of rotatable bonds is 3. The number of hydrogen-bond donors (Lipinski definition) is 1. The fourth-order valence-electron chi connectivity index (χ4n) is 2.81. The minimum atomic E-state index is 0.328. The lowest BCUT2D eigenvalue weighted by molar-refractivity contribution is 0.465. The highest BCUT2D eigenvalue weighted by molar-refractivity contribution is 6.30. The molecule has 0 amide bonds. The van der Waals surface area contributed by atoms with Crippen LogP contribution in [-0.2, 0) is 6.42 Å². The van der Waals surface area contributed by atoms with Crippen molar-refractivity contribution in [2.24, 2.45) is 0 Å². The third-order valence-electron chi connectivity index (χ3n) is 3.84. The molecule has 0 radical (unpaired) electrons. The summed E-state index contributed by atoms with van der Waals surface area (Å²) in [6.45, 7) is 2.20. The van der Waals surface area contributed by atoms with E-state index >= 15 is 0 Å². The van der Waals surface area contributed by atoms with Crippen LogP contribution in [0.1, 0.15) is 42.1 Å². The van der Waals surface area contributed by atoms with Gasteiger partial charge < -0.3 is 5.32 Å². The van der Waals surface area contributed by atoms with Crippen LogP contribution in [0.2, 0.25) is 5.02 Å². The van der Waals surface area contributed by atoms with E-state index in [1.54, 1.807) is 0 Å². The summed E-state index contributed by atoms with van der Waals surface area (Å²) in [5.74, 6) is 0. The second kappa shape index (κ2) is 5.32. The predicted molar refractivity (Wildman–Crippen MR) is 78.3 cm³/mol. The Morgan fingerprint density at radius 2 is 2.05 bits per heavy atom. The highest BCUT2D eigenvalue weighted by Crippen LogP contribution is 2.34. The third kappa shape index (κ3) is 2.65. The lowest BCUT2D eigenvalue weighted by atomic mass is 10.1. The first-order chi connectivity index (χ1) is 9.24. The molecule has 0 saturated heterocycles. The van der Waals surface area contributed by atoms with Gasteiger partial charge >= 0.3 is 0 Å². The first-order valence-corrected chi connectivity index (χ1v) is 7.06. The van der Waals surface area contributed by atoms with Crippen LogP contribution in [0.3, 0.4) is 0 Å². The van der Waals surface area contributed by atoms with Crippen molar-refractivity contribution >= 4 is 11.6 Å². The van der Waals surface area contributed by atoms with Crippen molar-refractivity contribution in [2.75, 3.05) is 0 Å². The summed E-state index contributed by atoms with van der Waals surface area (Å²) in [6.07, 6.45) is 5.94. The largest absolute Gasteiger partial charge is 0.303 e. The first-order valence-electron chi connectivity index (χ1n) is 6.68. The topological polar surface area (TPSA) is 24.9 Å². The van der Waals surface area contributed by atoms with E-state index < -0.39 is 0 Å². The molecule has 1 heterocycles.